The van der Waals surface area contributed by atoms with Crippen molar-refractivity contribution in [3.63, 3.8) is 0 Å². The Bertz CT molecular complexity index is 822. The molecule has 2 aromatic rings. The summed E-state index contributed by atoms with van der Waals surface area (Å²) in [6.45, 7) is 4.88. The highest BCUT2D eigenvalue weighted by atomic mass is 32.2. The molecule has 24 heavy (non-hydrogen) atoms. The van der Waals surface area contributed by atoms with E-state index in [2.05, 4.69) is 5.32 Å². The third kappa shape index (κ3) is 4.71. The van der Waals surface area contributed by atoms with Crippen LogP contribution in [0.15, 0.2) is 42.5 Å². The largest absolute Gasteiger partial charge is 0.484 e. The molecule has 0 atom stereocenters. The Morgan fingerprint density at radius 3 is 2.42 bits per heavy atom. The molecule has 1 amide bonds. The van der Waals surface area contributed by atoms with Gasteiger partial charge in [-0.1, -0.05) is 30.3 Å². The first-order valence-electron chi connectivity index (χ1n) is 7.80. The second kappa shape index (κ2) is 7.21. The van der Waals surface area contributed by atoms with Crippen LogP contribution in [0.2, 0.25) is 0 Å². The molecule has 0 saturated carbocycles. The molecule has 0 bridgehead atoms. The van der Waals surface area contributed by atoms with Crippen LogP contribution in [0.25, 0.3) is 10.8 Å². The van der Waals surface area contributed by atoms with Crippen LogP contribution >= 0.6 is 0 Å². The van der Waals surface area contributed by atoms with Crippen molar-refractivity contribution in [1.82, 2.24) is 5.32 Å². The summed E-state index contributed by atoms with van der Waals surface area (Å²) in [6, 6.07) is 13.5. The average molecular weight is 349 g/mol. The van der Waals surface area contributed by atoms with Gasteiger partial charge in [0.05, 0.1) is 10.5 Å². The van der Waals surface area contributed by atoms with E-state index in [0.717, 1.165) is 10.8 Å². The molecule has 0 radical (unpaired) electrons. The summed E-state index contributed by atoms with van der Waals surface area (Å²) in [6.07, 6.45) is 0. The Morgan fingerprint density at radius 2 is 1.75 bits per heavy atom. The maximum Gasteiger partial charge on any atom is 0.257 e. The van der Waals surface area contributed by atoms with E-state index < -0.39 is 14.6 Å². The van der Waals surface area contributed by atoms with E-state index in [0.29, 0.717) is 5.75 Å². The molecule has 130 valence electrons. The number of nitrogens with one attached hydrogen (secondary N) is 1. The number of hydrogen-bond acceptors (Lipinski definition) is 4. The van der Waals surface area contributed by atoms with Gasteiger partial charge in [-0.25, -0.2) is 8.42 Å². The third-order valence-electron chi connectivity index (χ3n) is 3.72. The number of hydrogen-bond donors (Lipinski definition) is 1. The van der Waals surface area contributed by atoms with Crippen molar-refractivity contribution in [3.05, 3.63) is 42.5 Å². The fourth-order valence-corrected chi connectivity index (χ4v) is 3.07. The SMILES string of the molecule is CC(C)(C)S(=O)(=O)CCNC(=O)COc1ccc2ccccc2c1. The molecule has 5 nitrogen and oxygen atoms in total. The zero-order valence-corrected chi connectivity index (χ0v) is 15.0. The highest BCUT2D eigenvalue weighted by molar-refractivity contribution is 7.92. The van der Waals surface area contributed by atoms with Crippen molar-refractivity contribution in [2.24, 2.45) is 0 Å². The fraction of sp³-hybridized carbons (Fsp3) is 0.389. The summed E-state index contributed by atoms with van der Waals surface area (Å²) in [5, 5.41) is 4.71. The second-order valence-corrected chi connectivity index (χ2v) is 9.44. The normalized spacial score (nSPS) is 12.1. The predicted molar refractivity (Wildman–Crippen MR) is 96.0 cm³/mol. The lowest BCUT2D eigenvalue weighted by Crippen LogP contribution is -2.37. The topological polar surface area (TPSA) is 72.5 Å². The first-order valence-corrected chi connectivity index (χ1v) is 9.45. The van der Waals surface area contributed by atoms with E-state index in [4.69, 9.17) is 4.74 Å². The Morgan fingerprint density at radius 1 is 1.08 bits per heavy atom. The first-order chi connectivity index (χ1) is 11.2. The molecule has 0 aromatic heterocycles. The van der Waals surface area contributed by atoms with E-state index in [1.165, 1.54) is 0 Å². The van der Waals surface area contributed by atoms with E-state index in [1.807, 2.05) is 36.4 Å². The van der Waals surface area contributed by atoms with E-state index >= 15 is 0 Å². The van der Waals surface area contributed by atoms with Gasteiger partial charge in [0, 0.05) is 6.54 Å². The Balaban J connectivity index is 1.82. The number of rotatable bonds is 6. The maximum absolute atomic E-state index is 12.0. The molecule has 0 fully saturated rings. The zero-order valence-electron chi connectivity index (χ0n) is 14.2. The van der Waals surface area contributed by atoms with Crippen LogP contribution in [0.4, 0.5) is 0 Å². The summed E-state index contributed by atoms with van der Waals surface area (Å²) in [5.74, 6) is 0.177. The van der Waals surface area contributed by atoms with Crippen LogP contribution in [0, 0.1) is 0 Å². The van der Waals surface area contributed by atoms with Crippen molar-refractivity contribution in [3.8, 4) is 5.75 Å². The quantitative estimate of drug-likeness (QED) is 0.870. The number of amides is 1. The maximum atomic E-state index is 12.0. The summed E-state index contributed by atoms with van der Waals surface area (Å²) < 4.78 is 28.6. The highest BCUT2D eigenvalue weighted by Gasteiger charge is 2.28. The van der Waals surface area contributed by atoms with Gasteiger partial charge in [-0.05, 0) is 43.7 Å². The van der Waals surface area contributed by atoms with Gasteiger partial charge in [-0.3, -0.25) is 4.79 Å². The van der Waals surface area contributed by atoms with Gasteiger partial charge in [0.15, 0.2) is 16.4 Å². The van der Waals surface area contributed by atoms with Crippen LogP contribution in [-0.4, -0.2) is 38.0 Å². The van der Waals surface area contributed by atoms with Gasteiger partial charge < -0.3 is 10.1 Å². The fourth-order valence-electron chi connectivity index (χ4n) is 2.09. The average Bonchev–Trinajstić information content (AvgIpc) is 2.51. The Kier molecular flexibility index (Phi) is 5.49. The van der Waals surface area contributed by atoms with Crippen molar-refractivity contribution in [2.45, 2.75) is 25.5 Å². The van der Waals surface area contributed by atoms with Gasteiger partial charge in [-0.2, -0.15) is 0 Å². The first kappa shape index (κ1) is 18.3. The molecule has 2 rings (SSSR count). The lowest BCUT2D eigenvalue weighted by Gasteiger charge is -2.19. The van der Waals surface area contributed by atoms with Gasteiger partial charge in [-0.15, -0.1) is 0 Å². The van der Waals surface area contributed by atoms with Gasteiger partial charge in [0.1, 0.15) is 5.75 Å². The number of benzene rings is 2. The molecular formula is C18H23NO4S. The van der Waals surface area contributed by atoms with Gasteiger partial charge >= 0.3 is 0 Å². The van der Waals surface area contributed by atoms with Crippen molar-refractivity contribution >= 4 is 26.5 Å². The van der Waals surface area contributed by atoms with Crippen molar-refractivity contribution < 1.29 is 17.9 Å². The minimum atomic E-state index is -3.24. The minimum Gasteiger partial charge on any atom is -0.484 e. The lowest BCUT2D eigenvalue weighted by molar-refractivity contribution is -0.122. The number of carbonyl (C=O) groups excluding carboxylic acids is 1. The molecule has 0 unspecified atom stereocenters. The monoisotopic (exact) mass is 349 g/mol. The molecular weight excluding hydrogens is 326 g/mol. The Labute approximate surface area is 142 Å². The molecule has 0 heterocycles. The van der Waals surface area contributed by atoms with Crippen LogP contribution in [0.1, 0.15) is 20.8 Å². The van der Waals surface area contributed by atoms with Crippen LogP contribution in [0.3, 0.4) is 0 Å². The van der Waals surface area contributed by atoms with E-state index in [1.54, 1.807) is 26.8 Å². The molecule has 0 spiro atoms. The molecule has 0 saturated heterocycles. The third-order valence-corrected chi connectivity index (χ3v) is 6.32. The number of ether oxygens (including phenoxy) is 1. The van der Waals surface area contributed by atoms with E-state index in [-0.39, 0.29) is 24.8 Å². The predicted octanol–water partition coefficient (Wildman–Crippen LogP) is 2.55. The number of fused-ring (bicyclic) bond motifs is 1. The van der Waals surface area contributed by atoms with Crippen LogP contribution in [0.5, 0.6) is 5.75 Å². The highest BCUT2D eigenvalue weighted by Crippen LogP contribution is 2.20. The second-order valence-electron chi connectivity index (χ2n) is 6.58. The smallest absolute Gasteiger partial charge is 0.257 e. The molecule has 0 aliphatic rings. The zero-order chi connectivity index (χ0) is 17.8. The van der Waals surface area contributed by atoms with Gasteiger partial charge in [0.2, 0.25) is 0 Å². The van der Waals surface area contributed by atoms with Crippen molar-refractivity contribution in [1.29, 1.82) is 0 Å². The lowest BCUT2D eigenvalue weighted by atomic mass is 10.1. The molecule has 6 heteroatoms. The number of sulfone groups is 1. The summed E-state index contributed by atoms with van der Waals surface area (Å²) in [5.41, 5.74) is 0. The summed E-state index contributed by atoms with van der Waals surface area (Å²) >= 11 is 0. The molecule has 2 aromatic carbocycles. The summed E-state index contributed by atoms with van der Waals surface area (Å²) in [4.78, 5) is 11.8. The number of carbonyl (C=O) groups is 1. The Hall–Kier alpha value is -2.08. The standard InChI is InChI=1S/C18H23NO4S/c1-18(2,3)24(21,22)11-10-19-17(20)13-23-16-9-8-14-6-4-5-7-15(14)12-16/h4-9,12H,10-11,13H2,1-3H3,(H,19,20). The van der Waals surface area contributed by atoms with Crippen LogP contribution in [-0.2, 0) is 14.6 Å². The van der Waals surface area contributed by atoms with Gasteiger partial charge in [0.25, 0.3) is 5.91 Å². The minimum absolute atomic E-state index is 0.0829. The van der Waals surface area contributed by atoms with E-state index in [9.17, 15) is 13.2 Å². The summed E-state index contributed by atoms with van der Waals surface area (Å²) in [7, 11) is -3.24. The van der Waals surface area contributed by atoms with Crippen molar-refractivity contribution in [2.75, 3.05) is 18.9 Å². The molecule has 0 aliphatic carbocycles. The molecule has 0 aliphatic heterocycles. The van der Waals surface area contributed by atoms with Crippen LogP contribution < -0.4 is 10.1 Å². The molecule has 1 N–H and O–H groups in total.